The maximum atomic E-state index is 12.1. The van der Waals surface area contributed by atoms with E-state index in [0.717, 1.165) is 22.4 Å². The number of pyridine rings is 1. The highest BCUT2D eigenvalue weighted by Crippen LogP contribution is 2.16. The normalized spacial score (nSPS) is 10.6. The highest BCUT2D eigenvalue weighted by molar-refractivity contribution is 5.90. The van der Waals surface area contributed by atoms with Crippen LogP contribution in [0, 0.1) is 13.8 Å². The molecule has 6 heteroatoms. The number of carbonyl (C=O) groups excluding carboxylic acids is 1. The summed E-state index contributed by atoms with van der Waals surface area (Å²) < 4.78 is 5.19. The van der Waals surface area contributed by atoms with Crippen LogP contribution in [0.5, 0.6) is 0 Å². The number of hydrogen-bond acceptors (Lipinski definition) is 5. The van der Waals surface area contributed by atoms with Gasteiger partial charge in [0.15, 0.2) is 0 Å². The summed E-state index contributed by atoms with van der Waals surface area (Å²) in [6, 6.07) is 9.61. The van der Waals surface area contributed by atoms with Crippen LogP contribution in [0.3, 0.4) is 0 Å². The number of anilines is 1. The van der Waals surface area contributed by atoms with Gasteiger partial charge in [-0.3, -0.25) is 9.78 Å². The van der Waals surface area contributed by atoms with Crippen molar-refractivity contribution in [2.24, 2.45) is 0 Å². The Hall–Kier alpha value is -3.02. The van der Waals surface area contributed by atoms with Crippen molar-refractivity contribution in [2.75, 3.05) is 5.32 Å². The first-order valence-electron chi connectivity index (χ1n) is 7.71. The molecule has 1 N–H and O–H groups in total. The van der Waals surface area contributed by atoms with E-state index in [2.05, 4.69) is 26.5 Å². The molecule has 1 amide bonds. The molecule has 0 saturated carbocycles. The van der Waals surface area contributed by atoms with Crippen molar-refractivity contribution in [2.45, 2.75) is 26.7 Å². The van der Waals surface area contributed by atoms with Gasteiger partial charge in [0.25, 0.3) is 0 Å². The third kappa shape index (κ3) is 4.04. The summed E-state index contributed by atoms with van der Waals surface area (Å²) in [6.07, 6.45) is 4.02. The molecule has 1 aromatic carbocycles. The standard InChI is InChI=1S/C18H18N4O2/c1-12-8-13(2)10-15(9-12)20-16(23)5-6-17-21-18(22-24-17)14-4-3-7-19-11-14/h3-4,7-11H,5-6H2,1-2H3,(H,20,23). The topological polar surface area (TPSA) is 80.9 Å². The minimum Gasteiger partial charge on any atom is -0.339 e. The summed E-state index contributed by atoms with van der Waals surface area (Å²) in [6.45, 7) is 4.00. The van der Waals surface area contributed by atoms with E-state index >= 15 is 0 Å². The van der Waals surface area contributed by atoms with Crippen LogP contribution in [-0.4, -0.2) is 21.0 Å². The fraction of sp³-hybridized carbons (Fsp3) is 0.222. The number of aryl methyl sites for hydroxylation is 3. The van der Waals surface area contributed by atoms with Crippen LogP contribution in [0.1, 0.15) is 23.4 Å². The van der Waals surface area contributed by atoms with Crippen LogP contribution in [0.15, 0.2) is 47.2 Å². The molecule has 3 rings (SSSR count). The van der Waals surface area contributed by atoms with Crippen molar-refractivity contribution >= 4 is 11.6 Å². The lowest BCUT2D eigenvalue weighted by Gasteiger charge is -2.06. The molecule has 0 atom stereocenters. The Morgan fingerprint density at radius 2 is 2.00 bits per heavy atom. The number of carbonyl (C=O) groups is 1. The van der Waals surface area contributed by atoms with Crippen LogP contribution in [-0.2, 0) is 11.2 Å². The highest BCUT2D eigenvalue weighted by atomic mass is 16.5. The quantitative estimate of drug-likeness (QED) is 0.779. The molecule has 0 bridgehead atoms. The summed E-state index contributed by atoms with van der Waals surface area (Å²) in [7, 11) is 0. The molecule has 0 aliphatic rings. The largest absolute Gasteiger partial charge is 0.339 e. The van der Waals surface area contributed by atoms with Crippen LogP contribution >= 0.6 is 0 Å². The molecular formula is C18H18N4O2. The predicted molar refractivity (Wildman–Crippen MR) is 90.4 cm³/mol. The van der Waals surface area contributed by atoms with Crippen molar-refractivity contribution in [3.05, 3.63) is 59.7 Å². The first-order valence-corrected chi connectivity index (χ1v) is 7.71. The molecule has 0 unspecified atom stereocenters. The molecule has 3 aromatic rings. The van der Waals surface area contributed by atoms with Gasteiger partial charge in [0.1, 0.15) is 0 Å². The Bertz CT molecular complexity index is 823. The van der Waals surface area contributed by atoms with Gasteiger partial charge in [0.2, 0.25) is 17.6 Å². The predicted octanol–water partition coefficient (Wildman–Crippen LogP) is 3.32. The molecule has 2 aromatic heterocycles. The van der Waals surface area contributed by atoms with E-state index in [1.807, 2.05) is 38.1 Å². The van der Waals surface area contributed by atoms with Crippen molar-refractivity contribution in [3.8, 4) is 11.4 Å². The molecule has 0 fully saturated rings. The van der Waals surface area contributed by atoms with Crippen LogP contribution in [0.2, 0.25) is 0 Å². The van der Waals surface area contributed by atoms with E-state index in [1.54, 1.807) is 12.4 Å². The Morgan fingerprint density at radius 3 is 2.71 bits per heavy atom. The van der Waals surface area contributed by atoms with Gasteiger partial charge in [-0.15, -0.1) is 0 Å². The fourth-order valence-corrected chi connectivity index (χ4v) is 2.46. The molecule has 2 heterocycles. The summed E-state index contributed by atoms with van der Waals surface area (Å²) >= 11 is 0. The summed E-state index contributed by atoms with van der Waals surface area (Å²) in [5.74, 6) is 0.832. The number of hydrogen-bond donors (Lipinski definition) is 1. The SMILES string of the molecule is Cc1cc(C)cc(NC(=O)CCc2nc(-c3cccnc3)no2)c1. The first-order chi connectivity index (χ1) is 11.6. The molecule has 24 heavy (non-hydrogen) atoms. The number of nitrogens with zero attached hydrogens (tertiary/aromatic N) is 3. The maximum absolute atomic E-state index is 12.1. The molecule has 0 saturated heterocycles. The number of amides is 1. The molecule has 0 radical (unpaired) electrons. The van der Waals surface area contributed by atoms with Crippen LogP contribution < -0.4 is 5.32 Å². The molecule has 0 aliphatic heterocycles. The zero-order valence-corrected chi connectivity index (χ0v) is 13.6. The molecular weight excluding hydrogens is 304 g/mol. The maximum Gasteiger partial charge on any atom is 0.227 e. The van der Waals surface area contributed by atoms with E-state index < -0.39 is 0 Å². The number of rotatable bonds is 5. The highest BCUT2D eigenvalue weighted by Gasteiger charge is 2.11. The summed E-state index contributed by atoms with van der Waals surface area (Å²) in [4.78, 5) is 20.4. The van der Waals surface area contributed by atoms with Gasteiger partial charge in [0.05, 0.1) is 0 Å². The zero-order valence-electron chi connectivity index (χ0n) is 13.6. The van der Waals surface area contributed by atoms with E-state index in [4.69, 9.17) is 4.52 Å². The summed E-state index contributed by atoms with van der Waals surface area (Å²) in [5.41, 5.74) is 3.82. The van der Waals surface area contributed by atoms with Gasteiger partial charge in [-0.25, -0.2) is 0 Å². The van der Waals surface area contributed by atoms with E-state index in [-0.39, 0.29) is 12.3 Å². The lowest BCUT2D eigenvalue weighted by Crippen LogP contribution is -2.12. The van der Waals surface area contributed by atoms with Gasteiger partial charge >= 0.3 is 0 Å². The van der Waals surface area contributed by atoms with Crippen molar-refractivity contribution in [1.29, 1.82) is 0 Å². The van der Waals surface area contributed by atoms with Crippen molar-refractivity contribution in [3.63, 3.8) is 0 Å². The molecule has 6 nitrogen and oxygen atoms in total. The van der Waals surface area contributed by atoms with Crippen LogP contribution in [0.25, 0.3) is 11.4 Å². The van der Waals surface area contributed by atoms with Gasteiger partial charge < -0.3 is 9.84 Å². The number of nitrogens with one attached hydrogen (secondary N) is 1. The lowest BCUT2D eigenvalue weighted by molar-refractivity contribution is -0.116. The minimum absolute atomic E-state index is 0.0823. The third-order valence-electron chi connectivity index (χ3n) is 3.46. The van der Waals surface area contributed by atoms with E-state index in [9.17, 15) is 4.79 Å². The van der Waals surface area contributed by atoms with Gasteiger partial charge in [-0.05, 0) is 49.2 Å². The molecule has 0 aliphatic carbocycles. The Morgan fingerprint density at radius 1 is 1.21 bits per heavy atom. The molecule has 122 valence electrons. The third-order valence-corrected chi connectivity index (χ3v) is 3.46. The van der Waals surface area contributed by atoms with Gasteiger partial charge in [0, 0.05) is 36.5 Å². The number of aromatic nitrogens is 3. The average molecular weight is 322 g/mol. The Kier molecular flexibility index (Phi) is 4.65. The second kappa shape index (κ2) is 7.04. The Labute approximate surface area is 139 Å². The average Bonchev–Trinajstić information content (AvgIpc) is 3.02. The lowest BCUT2D eigenvalue weighted by atomic mass is 10.1. The second-order valence-electron chi connectivity index (χ2n) is 5.68. The van der Waals surface area contributed by atoms with Gasteiger partial charge in [-0.1, -0.05) is 11.2 Å². The monoisotopic (exact) mass is 322 g/mol. The minimum atomic E-state index is -0.0823. The van der Waals surface area contributed by atoms with Gasteiger partial charge in [-0.2, -0.15) is 4.98 Å². The van der Waals surface area contributed by atoms with E-state index in [0.29, 0.717) is 18.1 Å². The van der Waals surface area contributed by atoms with E-state index in [1.165, 1.54) is 0 Å². The van der Waals surface area contributed by atoms with Crippen molar-refractivity contribution < 1.29 is 9.32 Å². The molecule has 0 spiro atoms. The smallest absolute Gasteiger partial charge is 0.227 e. The first kappa shape index (κ1) is 15.9. The zero-order chi connectivity index (χ0) is 16.9. The summed E-state index contributed by atoms with van der Waals surface area (Å²) in [5, 5.41) is 6.81. The van der Waals surface area contributed by atoms with Crippen molar-refractivity contribution in [1.82, 2.24) is 15.1 Å². The van der Waals surface area contributed by atoms with Crippen LogP contribution in [0.4, 0.5) is 5.69 Å². The second-order valence-corrected chi connectivity index (χ2v) is 5.68. The fourth-order valence-electron chi connectivity index (χ4n) is 2.46. The number of benzene rings is 1. The Balaban J connectivity index is 1.58.